The predicted molar refractivity (Wildman–Crippen MR) is 54.4 cm³/mol. The molecule has 1 aromatic rings. The van der Waals surface area contributed by atoms with Gasteiger partial charge in [-0.1, -0.05) is 0 Å². The second kappa shape index (κ2) is 4.55. The van der Waals surface area contributed by atoms with Crippen LogP contribution >= 0.6 is 23.7 Å². The summed E-state index contributed by atoms with van der Waals surface area (Å²) < 4.78 is 0. The molecule has 13 heavy (non-hydrogen) atoms. The summed E-state index contributed by atoms with van der Waals surface area (Å²) in [7, 11) is 0. The molecule has 0 bridgehead atoms. The monoisotopic (exact) mass is 219 g/mol. The molecule has 72 valence electrons. The molecule has 1 aromatic heterocycles. The minimum absolute atomic E-state index is 0. The zero-order valence-corrected chi connectivity index (χ0v) is 8.45. The lowest BCUT2D eigenvalue weighted by atomic mass is 10.1. The zero-order chi connectivity index (χ0) is 8.39. The normalized spacial score (nSPS) is 19.8. The van der Waals surface area contributed by atoms with E-state index >= 15 is 0 Å². The van der Waals surface area contributed by atoms with E-state index in [1.807, 2.05) is 5.38 Å². The first-order chi connectivity index (χ1) is 5.86. The van der Waals surface area contributed by atoms with Gasteiger partial charge in [0.2, 0.25) is 5.91 Å². The van der Waals surface area contributed by atoms with Gasteiger partial charge in [0.05, 0.1) is 6.04 Å². The number of amides is 1. The van der Waals surface area contributed by atoms with Gasteiger partial charge >= 0.3 is 0 Å². The largest absolute Gasteiger partial charge is 0.306 e. The van der Waals surface area contributed by atoms with Crippen molar-refractivity contribution in [1.82, 2.24) is 10.3 Å². The van der Waals surface area contributed by atoms with Crippen molar-refractivity contribution in [3.05, 3.63) is 11.6 Å². The highest BCUT2D eigenvalue weighted by Crippen LogP contribution is 2.12. The number of carbonyl (C=O) groups is 1. The lowest BCUT2D eigenvalue weighted by Gasteiger charge is -2.25. The van der Waals surface area contributed by atoms with E-state index in [4.69, 9.17) is 0 Å². The number of halogens is 1. The third kappa shape index (κ3) is 2.40. The Kier molecular flexibility index (Phi) is 3.65. The third-order valence-corrected chi connectivity index (χ3v) is 2.49. The van der Waals surface area contributed by atoms with Crippen molar-refractivity contribution in [3.8, 4) is 0 Å². The SMILES string of the molecule is Cl.O=C(Nc1nccs1)[C@H]1CCN1. The second-order valence-electron chi connectivity index (χ2n) is 2.62. The molecule has 2 heterocycles. The van der Waals surface area contributed by atoms with Crippen molar-refractivity contribution in [2.45, 2.75) is 12.5 Å². The van der Waals surface area contributed by atoms with Crippen LogP contribution in [0.5, 0.6) is 0 Å². The first-order valence-electron chi connectivity index (χ1n) is 3.80. The van der Waals surface area contributed by atoms with Gasteiger partial charge in [-0.3, -0.25) is 4.79 Å². The maximum atomic E-state index is 11.3. The van der Waals surface area contributed by atoms with E-state index in [0.717, 1.165) is 13.0 Å². The Balaban J connectivity index is 0.000000845. The van der Waals surface area contributed by atoms with E-state index in [0.29, 0.717) is 5.13 Å². The number of hydrogen-bond acceptors (Lipinski definition) is 4. The molecule has 2 rings (SSSR count). The molecule has 0 saturated carbocycles. The first kappa shape index (κ1) is 10.4. The van der Waals surface area contributed by atoms with Gasteiger partial charge in [-0.2, -0.15) is 0 Å². The van der Waals surface area contributed by atoms with Crippen LogP contribution in [-0.4, -0.2) is 23.5 Å². The molecule has 0 radical (unpaired) electrons. The van der Waals surface area contributed by atoms with E-state index in [2.05, 4.69) is 15.6 Å². The van der Waals surface area contributed by atoms with Gasteiger partial charge in [0.15, 0.2) is 5.13 Å². The Morgan fingerprint density at radius 3 is 3.00 bits per heavy atom. The standard InChI is InChI=1S/C7H9N3OS.ClH/c11-6(5-1-2-8-5)10-7-9-3-4-12-7;/h3-5,8H,1-2H2,(H,9,10,11);1H/t5-;/m1./s1. The topological polar surface area (TPSA) is 54.0 Å². The molecule has 4 nitrogen and oxygen atoms in total. The van der Waals surface area contributed by atoms with Crippen LogP contribution in [0, 0.1) is 0 Å². The molecule has 6 heteroatoms. The summed E-state index contributed by atoms with van der Waals surface area (Å²) in [4.78, 5) is 15.2. The molecule has 1 aliphatic heterocycles. The fourth-order valence-electron chi connectivity index (χ4n) is 0.990. The lowest BCUT2D eigenvalue weighted by Crippen LogP contribution is -2.50. The molecule has 1 fully saturated rings. The minimum atomic E-state index is -0.00565. The van der Waals surface area contributed by atoms with Crippen LogP contribution in [0.2, 0.25) is 0 Å². The molecule has 0 unspecified atom stereocenters. The molecule has 1 amide bonds. The number of nitrogens with zero attached hydrogens (tertiary/aromatic N) is 1. The molecule has 1 atom stereocenters. The Bertz CT molecular complexity index is 273. The van der Waals surface area contributed by atoms with Crippen molar-refractivity contribution in [3.63, 3.8) is 0 Å². The van der Waals surface area contributed by atoms with Crippen molar-refractivity contribution in [2.24, 2.45) is 0 Å². The molecule has 0 aromatic carbocycles. The number of aromatic nitrogens is 1. The van der Waals surface area contributed by atoms with Crippen LogP contribution in [0.25, 0.3) is 0 Å². The van der Waals surface area contributed by atoms with Gasteiger partial charge < -0.3 is 10.6 Å². The average molecular weight is 220 g/mol. The Morgan fingerprint density at radius 2 is 2.54 bits per heavy atom. The number of hydrogen-bond donors (Lipinski definition) is 2. The minimum Gasteiger partial charge on any atom is -0.306 e. The second-order valence-corrected chi connectivity index (χ2v) is 3.52. The van der Waals surface area contributed by atoms with Crippen LogP contribution in [0.3, 0.4) is 0 Å². The number of rotatable bonds is 2. The fraction of sp³-hybridized carbons (Fsp3) is 0.429. The summed E-state index contributed by atoms with van der Waals surface area (Å²) in [5.74, 6) is 0.0243. The van der Waals surface area contributed by atoms with E-state index in [1.165, 1.54) is 11.3 Å². The van der Waals surface area contributed by atoms with Crippen molar-refractivity contribution in [2.75, 3.05) is 11.9 Å². The first-order valence-corrected chi connectivity index (χ1v) is 4.68. The van der Waals surface area contributed by atoms with Gasteiger partial charge in [-0.15, -0.1) is 23.7 Å². The molecule has 0 aliphatic carbocycles. The molecular formula is C7H10ClN3OS. The van der Waals surface area contributed by atoms with Crippen molar-refractivity contribution in [1.29, 1.82) is 0 Å². The summed E-state index contributed by atoms with van der Waals surface area (Å²) in [6.45, 7) is 0.940. The van der Waals surface area contributed by atoms with E-state index in [9.17, 15) is 4.79 Å². The Hall–Kier alpha value is -0.650. The molecule has 0 spiro atoms. The molecular weight excluding hydrogens is 210 g/mol. The van der Waals surface area contributed by atoms with Gasteiger partial charge in [0.25, 0.3) is 0 Å². The highest BCUT2D eigenvalue weighted by Gasteiger charge is 2.24. The number of thiazole rings is 1. The molecule has 1 saturated heterocycles. The van der Waals surface area contributed by atoms with Gasteiger partial charge in [0, 0.05) is 11.6 Å². The maximum Gasteiger partial charge on any atom is 0.243 e. The zero-order valence-electron chi connectivity index (χ0n) is 6.82. The quantitative estimate of drug-likeness (QED) is 0.776. The van der Waals surface area contributed by atoms with Crippen LogP contribution in [0.4, 0.5) is 5.13 Å². The summed E-state index contributed by atoms with van der Waals surface area (Å²) in [5, 5.41) is 8.26. The van der Waals surface area contributed by atoms with E-state index in [-0.39, 0.29) is 24.4 Å². The van der Waals surface area contributed by atoms with Gasteiger partial charge in [-0.25, -0.2) is 4.98 Å². The van der Waals surface area contributed by atoms with Crippen molar-refractivity contribution < 1.29 is 4.79 Å². The van der Waals surface area contributed by atoms with Crippen LogP contribution in [0.1, 0.15) is 6.42 Å². The highest BCUT2D eigenvalue weighted by molar-refractivity contribution is 7.13. The summed E-state index contributed by atoms with van der Waals surface area (Å²) in [5.41, 5.74) is 0. The highest BCUT2D eigenvalue weighted by atomic mass is 35.5. The van der Waals surface area contributed by atoms with Crippen LogP contribution in [0.15, 0.2) is 11.6 Å². The lowest BCUT2D eigenvalue weighted by molar-refractivity contribution is -0.119. The average Bonchev–Trinajstić information content (AvgIpc) is 2.34. The number of nitrogens with one attached hydrogen (secondary N) is 2. The molecule has 1 aliphatic rings. The van der Waals surface area contributed by atoms with Crippen LogP contribution < -0.4 is 10.6 Å². The van der Waals surface area contributed by atoms with Gasteiger partial charge in [-0.05, 0) is 13.0 Å². The molecule has 2 N–H and O–H groups in total. The van der Waals surface area contributed by atoms with Crippen molar-refractivity contribution >= 4 is 34.8 Å². The summed E-state index contributed by atoms with van der Waals surface area (Å²) in [6.07, 6.45) is 2.60. The Morgan fingerprint density at radius 1 is 1.77 bits per heavy atom. The fourth-order valence-corrected chi connectivity index (χ4v) is 1.52. The predicted octanol–water partition coefficient (Wildman–Crippen LogP) is 0.865. The maximum absolute atomic E-state index is 11.3. The van der Waals surface area contributed by atoms with E-state index in [1.54, 1.807) is 6.20 Å². The summed E-state index contributed by atoms with van der Waals surface area (Å²) in [6, 6.07) is -0.00565. The van der Waals surface area contributed by atoms with Gasteiger partial charge in [0.1, 0.15) is 0 Å². The number of carbonyl (C=O) groups excluding carboxylic acids is 1. The van der Waals surface area contributed by atoms with Crippen LogP contribution in [-0.2, 0) is 4.79 Å². The number of anilines is 1. The summed E-state index contributed by atoms with van der Waals surface area (Å²) >= 11 is 1.43. The Labute approximate surface area is 86.2 Å². The third-order valence-electron chi connectivity index (χ3n) is 1.80. The smallest absolute Gasteiger partial charge is 0.243 e. The van der Waals surface area contributed by atoms with E-state index < -0.39 is 0 Å².